The molecule has 0 aliphatic carbocycles. The zero-order chi connectivity index (χ0) is 24.2. The van der Waals surface area contributed by atoms with Crippen LogP contribution in [0.5, 0.6) is 0 Å². The van der Waals surface area contributed by atoms with Gasteiger partial charge in [0.05, 0.1) is 11.0 Å². The summed E-state index contributed by atoms with van der Waals surface area (Å²) < 4.78 is 2.16. The SMILES string of the molecule is C1CCNCC1.C=Cc1nc2ccc(C(=O)N(CCC(C)C)CCC(C)C)cc2n1CCC. The first-order valence-electron chi connectivity index (χ1n) is 13.0. The molecule has 0 spiro atoms. The van der Waals surface area contributed by atoms with Gasteiger partial charge in [0.25, 0.3) is 5.91 Å². The molecule has 33 heavy (non-hydrogen) atoms. The summed E-state index contributed by atoms with van der Waals surface area (Å²) in [5.41, 5.74) is 2.69. The van der Waals surface area contributed by atoms with Gasteiger partial charge in [0.1, 0.15) is 5.82 Å². The fourth-order valence-corrected chi connectivity index (χ4v) is 4.02. The standard InChI is InChI=1S/C23H35N3O.C5H11N/c1-7-13-26-21-16-19(9-10-20(21)24-22(26)8-2)23(27)25(14-11-17(3)4)15-12-18(5)6;1-2-4-6-5-3-1/h8-10,16-18H,2,7,11-15H2,1,3-6H3;6H,1-5H2. The van der Waals surface area contributed by atoms with Crippen molar-refractivity contribution in [3.05, 3.63) is 36.2 Å². The molecule has 5 nitrogen and oxygen atoms in total. The van der Waals surface area contributed by atoms with Crippen molar-refractivity contribution in [3.8, 4) is 0 Å². The molecule has 0 unspecified atom stereocenters. The maximum atomic E-state index is 13.2. The maximum absolute atomic E-state index is 13.2. The van der Waals surface area contributed by atoms with Crippen LogP contribution in [-0.2, 0) is 6.54 Å². The molecule has 1 saturated heterocycles. The van der Waals surface area contributed by atoms with Crippen molar-refractivity contribution in [1.29, 1.82) is 0 Å². The molecular formula is C28H46N4O. The Bertz CT molecular complexity index is 841. The fraction of sp³-hybridized carbons (Fsp3) is 0.643. The van der Waals surface area contributed by atoms with E-state index in [0.717, 1.165) is 61.3 Å². The quantitative estimate of drug-likeness (QED) is 0.453. The molecule has 0 radical (unpaired) electrons. The summed E-state index contributed by atoms with van der Waals surface area (Å²) in [4.78, 5) is 19.9. The summed E-state index contributed by atoms with van der Waals surface area (Å²) in [5, 5.41) is 3.28. The van der Waals surface area contributed by atoms with E-state index in [9.17, 15) is 4.79 Å². The highest BCUT2D eigenvalue weighted by molar-refractivity contribution is 5.97. The summed E-state index contributed by atoms with van der Waals surface area (Å²) in [5.74, 6) is 2.17. The molecule has 0 saturated carbocycles. The van der Waals surface area contributed by atoms with Gasteiger partial charge in [0.2, 0.25) is 0 Å². The van der Waals surface area contributed by atoms with Gasteiger partial charge in [-0.1, -0.05) is 47.6 Å². The van der Waals surface area contributed by atoms with Crippen LogP contribution in [0.1, 0.15) is 89.3 Å². The molecular weight excluding hydrogens is 408 g/mol. The molecule has 1 amide bonds. The third-order valence-corrected chi connectivity index (χ3v) is 6.10. The van der Waals surface area contributed by atoms with Gasteiger partial charge < -0.3 is 14.8 Å². The summed E-state index contributed by atoms with van der Waals surface area (Å²) >= 11 is 0. The van der Waals surface area contributed by atoms with Crippen molar-refractivity contribution in [3.63, 3.8) is 0 Å². The highest BCUT2D eigenvalue weighted by atomic mass is 16.2. The Kier molecular flexibility index (Phi) is 11.7. The van der Waals surface area contributed by atoms with E-state index in [4.69, 9.17) is 0 Å². The molecule has 1 aromatic carbocycles. The van der Waals surface area contributed by atoms with E-state index >= 15 is 0 Å². The lowest BCUT2D eigenvalue weighted by atomic mass is 10.1. The van der Waals surface area contributed by atoms with Crippen LogP contribution in [0.15, 0.2) is 24.8 Å². The van der Waals surface area contributed by atoms with Crippen LogP contribution in [0.2, 0.25) is 0 Å². The van der Waals surface area contributed by atoms with Crippen LogP contribution in [0.3, 0.4) is 0 Å². The van der Waals surface area contributed by atoms with Crippen LogP contribution in [0.4, 0.5) is 0 Å². The average molecular weight is 455 g/mol. The van der Waals surface area contributed by atoms with Gasteiger partial charge >= 0.3 is 0 Å². The van der Waals surface area contributed by atoms with Crippen LogP contribution in [0, 0.1) is 11.8 Å². The minimum absolute atomic E-state index is 0.127. The van der Waals surface area contributed by atoms with Crippen molar-refractivity contribution in [2.24, 2.45) is 11.8 Å². The topological polar surface area (TPSA) is 50.2 Å². The lowest BCUT2D eigenvalue weighted by Gasteiger charge is -2.24. The molecule has 184 valence electrons. The lowest BCUT2D eigenvalue weighted by molar-refractivity contribution is 0.0741. The minimum Gasteiger partial charge on any atom is -0.339 e. The number of nitrogens with one attached hydrogen (secondary N) is 1. The van der Waals surface area contributed by atoms with Crippen LogP contribution >= 0.6 is 0 Å². The smallest absolute Gasteiger partial charge is 0.253 e. The highest BCUT2D eigenvalue weighted by Crippen LogP contribution is 2.21. The molecule has 2 heterocycles. The van der Waals surface area contributed by atoms with Crippen LogP contribution in [-0.4, -0.2) is 46.5 Å². The zero-order valence-corrected chi connectivity index (χ0v) is 21.7. The summed E-state index contributed by atoms with van der Waals surface area (Å²) in [6.07, 6.45) is 9.07. The largest absolute Gasteiger partial charge is 0.339 e. The number of hydrogen-bond donors (Lipinski definition) is 1. The van der Waals surface area contributed by atoms with E-state index in [1.165, 1.54) is 32.4 Å². The Balaban J connectivity index is 0.000000554. The maximum Gasteiger partial charge on any atom is 0.253 e. The molecule has 0 atom stereocenters. The Morgan fingerprint density at radius 3 is 2.21 bits per heavy atom. The molecule has 1 fully saturated rings. The molecule has 3 rings (SSSR count). The van der Waals surface area contributed by atoms with Crippen molar-refractivity contribution in [2.75, 3.05) is 26.2 Å². The highest BCUT2D eigenvalue weighted by Gasteiger charge is 2.18. The van der Waals surface area contributed by atoms with Gasteiger partial charge in [0.15, 0.2) is 0 Å². The predicted octanol–water partition coefficient (Wildman–Crippen LogP) is 6.38. The van der Waals surface area contributed by atoms with E-state index in [1.54, 1.807) is 6.08 Å². The zero-order valence-electron chi connectivity index (χ0n) is 21.7. The molecule has 2 aromatic rings. The van der Waals surface area contributed by atoms with E-state index in [1.807, 2.05) is 23.1 Å². The van der Waals surface area contributed by atoms with E-state index in [-0.39, 0.29) is 5.91 Å². The summed E-state index contributed by atoms with van der Waals surface area (Å²) in [7, 11) is 0. The first-order valence-corrected chi connectivity index (χ1v) is 13.0. The average Bonchev–Trinajstić information content (AvgIpc) is 3.17. The number of nitrogens with zero attached hydrogens (tertiary/aromatic N) is 3. The van der Waals surface area contributed by atoms with E-state index in [2.05, 4.69) is 56.1 Å². The number of hydrogen-bond acceptors (Lipinski definition) is 3. The van der Waals surface area contributed by atoms with Gasteiger partial charge in [0, 0.05) is 25.2 Å². The van der Waals surface area contributed by atoms with Crippen LogP contribution in [0.25, 0.3) is 17.1 Å². The number of piperidine rings is 1. The second-order valence-corrected chi connectivity index (χ2v) is 10.00. The predicted molar refractivity (Wildman–Crippen MR) is 142 cm³/mol. The Morgan fingerprint density at radius 2 is 1.76 bits per heavy atom. The van der Waals surface area contributed by atoms with Crippen LogP contribution < -0.4 is 5.32 Å². The Morgan fingerprint density at radius 1 is 1.12 bits per heavy atom. The molecule has 0 bridgehead atoms. The van der Waals surface area contributed by atoms with Gasteiger partial charge in [-0.05, 0) is 81.3 Å². The number of fused-ring (bicyclic) bond motifs is 1. The van der Waals surface area contributed by atoms with Crippen molar-refractivity contribution < 1.29 is 4.79 Å². The number of carbonyl (C=O) groups is 1. The van der Waals surface area contributed by atoms with E-state index < -0.39 is 0 Å². The number of carbonyl (C=O) groups excluding carboxylic acids is 1. The molecule has 5 heteroatoms. The second-order valence-electron chi connectivity index (χ2n) is 10.00. The third-order valence-electron chi connectivity index (χ3n) is 6.10. The Labute approximate surface area is 201 Å². The van der Waals surface area contributed by atoms with Crippen molar-refractivity contribution >= 4 is 23.0 Å². The monoisotopic (exact) mass is 454 g/mol. The number of amides is 1. The number of aryl methyl sites for hydroxylation is 1. The number of rotatable bonds is 10. The normalized spacial score (nSPS) is 13.8. The number of imidazole rings is 1. The molecule has 1 aliphatic rings. The van der Waals surface area contributed by atoms with Gasteiger partial charge in [-0.25, -0.2) is 4.98 Å². The summed E-state index contributed by atoms with van der Waals surface area (Å²) in [6.45, 7) is 19.8. The van der Waals surface area contributed by atoms with Gasteiger partial charge in [-0.3, -0.25) is 4.79 Å². The first-order chi connectivity index (χ1) is 15.9. The molecule has 1 aromatic heterocycles. The second kappa shape index (κ2) is 14.2. The summed E-state index contributed by atoms with van der Waals surface area (Å²) in [6, 6.07) is 5.88. The van der Waals surface area contributed by atoms with Gasteiger partial charge in [-0.15, -0.1) is 0 Å². The minimum atomic E-state index is 0.127. The number of benzene rings is 1. The fourth-order valence-electron chi connectivity index (χ4n) is 4.02. The van der Waals surface area contributed by atoms with E-state index in [0.29, 0.717) is 11.8 Å². The Hall–Kier alpha value is -2.14. The molecule has 1 N–H and O–H groups in total. The first kappa shape index (κ1) is 27.1. The van der Waals surface area contributed by atoms with Gasteiger partial charge in [-0.2, -0.15) is 0 Å². The number of aromatic nitrogens is 2. The third kappa shape index (κ3) is 8.62. The lowest BCUT2D eigenvalue weighted by Crippen LogP contribution is -2.34. The van der Waals surface area contributed by atoms with Crippen molar-refractivity contribution in [2.45, 2.75) is 79.7 Å². The molecule has 1 aliphatic heterocycles. The van der Waals surface area contributed by atoms with Crippen molar-refractivity contribution in [1.82, 2.24) is 19.8 Å².